The van der Waals surface area contributed by atoms with Crippen molar-refractivity contribution in [3.63, 3.8) is 0 Å². The highest BCUT2D eigenvalue weighted by Gasteiger charge is 2.50. The van der Waals surface area contributed by atoms with Crippen LogP contribution >= 0.6 is 15.9 Å². The van der Waals surface area contributed by atoms with E-state index in [1.54, 1.807) is 6.20 Å². The summed E-state index contributed by atoms with van der Waals surface area (Å²) in [4.78, 5) is 16.5. The summed E-state index contributed by atoms with van der Waals surface area (Å²) in [6, 6.07) is 2.05. The molecule has 1 aromatic heterocycles. The predicted octanol–water partition coefficient (Wildman–Crippen LogP) is 1.89. The number of aromatic nitrogens is 1. The first-order chi connectivity index (χ1) is 9.70. The molecule has 1 atom stereocenters. The molecule has 2 N–H and O–H groups in total. The highest BCUT2D eigenvalue weighted by molar-refractivity contribution is 9.10. The fraction of sp³-hybridized carbons (Fsp3) is 0.600. The van der Waals surface area contributed by atoms with E-state index in [-0.39, 0.29) is 17.2 Å². The van der Waals surface area contributed by atoms with Gasteiger partial charge in [-0.2, -0.15) is 0 Å². The van der Waals surface area contributed by atoms with Crippen LogP contribution in [0.5, 0.6) is 0 Å². The van der Waals surface area contributed by atoms with E-state index in [4.69, 9.17) is 0 Å². The van der Waals surface area contributed by atoms with Gasteiger partial charge in [0.25, 0.3) is 0 Å². The molecule has 5 heteroatoms. The van der Waals surface area contributed by atoms with Crippen molar-refractivity contribution < 1.29 is 4.79 Å². The van der Waals surface area contributed by atoms with Gasteiger partial charge < -0.3 is 10.6 Å². The Kier molecular flexibility index (Phi) is 4.08. The fourth-order valence-corrected chi connectivity index (χ4v) is 3.79. The summed E-state index contributed by atoms with van der Waals surface area (Å²) in [6.07, 6.45) is 8.12. The summed E-state index contributed by atoms with van der Waals surface area (Å²) < 4.78 is 0.981. The molecule has 1 aromatic rings. The molecule has 108 valence electrons. The molecule has 1 aliphatic carbocycles. The Balaban J connectivity index is 1.50. The maximum Gasteiger partial charge on any atom is 0.225 e. The van der Waals surface area contributed by atoms with Crippen LogP contribution in [0.1, 0.15) is 24.8 Å². The summed E-state index contributed by atoms with van der Waals surface area (Å²) in [5, 5.41) is 6.48. The minimum absolute atomic E-state index is 0.164. The molecular formula is C15H20BrN3O. The number of rotatable bonds is 4. The molecular weight excluding hydrogens is 318 g/mol. The van der Waals surface area contributed by atoms with Crippen LogP contribution in [-0.2, 0) is 11.2 Å². The van der Waals surface area contributed by atoms with Gasteiger partial charge in [-0.1, -0.05) is 6.42 Å². The third-order valence-corrected chi connectivity index (χ3v) is 5.14. The minimum Gasteiger partial charge on any atom is -0.355 e. The lowest BCUT2D eigenvalue weighted by atomic mass is 9.62. The largest absolute Gasteiger partial charge is 0.355 e. The quantitative estimate of drug-likeness (QED) is 0.882. The number of nitrogens with one attached hydrogen (secondary N) is 2. The highest BCUT2D eigenvalue weighted by atomic mass is 79.9. The third-order valence-electron chi connectivity index (χ3n) is 4.70. The van der Waals surface area contributed by atoms with Crippen LogP contribution < -0.4 is 10.6 Å². The van der Waals surface area contributed by atoms with E-state index in [1.807, 2.05) is 12.3 Å². The smallest absolute Gasteiger partial charge is 0.225 e. The van der Waals surface area contributed by atoms with E-state index in [9.17, 15) is 4.79 Å². The number of nitrogens with zero attached hydrogens (tertiary/aromatic N) is 1. The summed E-state index contributed by atoms with van der Waals surface area (Å²) in [5.74, 6) is 0.384. The van der Waals surface area contributed by atoms with Gasteiger partial charge >= 0.3 is 0 Å². The Morgan fingerprint density at radius 2 is 2.35 bits per heavy atom. The maximum absolute atomic E-state index is 12.3. The lowest BCUT2D eigenvalue weighted by Crippen LogP contribution is -2.45. The zero-order valence-corrected chi connectivity index (χ0v) is 13.1. The van der Waals surface area contributed by atoms with Gasteiger partial charge in [-0.05, 0) is 52.2 Å². The predicted molar refractivity (Wildman–Crippen MR) is 81.3 cm³/mol. The maximum atomic E-state index is 12.3. The van der Waals surface area contributed by atoms with Crippen molar-refractivity contribution in [1.29, 1.82) is 0 Å². The number of halogens is 1. The molecule has 20 heavy (non-hydrogen) atoms. The van der Waals surface area contributed by atoms with Gasteiger partial charge in [-0.3, -0.25) is 9.78 Å². The van der Waals surface area contributed by atoms with Crippen molar-refractivity contribution in [2.45, 2.75) is 25.7 Å². The summed E-state index contributed by atoms with van der Waals surface area (Å²) >= 11 is 3.41. The Morgan fingerprint density at radius 1 is 1.50 bits per heavy atom. The van der Waals surface area contributed by atoms with Crippen LogP contribution in [0, 0.1) is 11.3 Å². The van der Waals surface area contributed by atoms with E-state index in [0.717, 1.165) is 29.5 Å². The molecule has 0 radical (unpaired) electrons. The Bertz CT molecular complexity index is 502. The molecule has 1 saturated carbocycles. The van der Waals surface area contributed by atoms with Gasteiger partial charge in [0.2, 0.25) is 5.91 Å². The van der Waals surface area contributed by atoms with Crippen LogP contribution in [0.3, 0.4) is 0 Å². The second-order valence-electron chi connectivity index (χ2n) is 5.95. The molecule has 2 aliphatic rings. The van der Waals surface area contributed by atoms with Crippen molar-refractivity contribution in [3.05, 3.63) is 28.5 Å². The van der Waals surface area contributed by atoms with E-state index >= 15 is 0 Å². The molecule has 2 heterocycles. The third kappa shape index (κ3) is 2.74. The van der Waals surface area contributed by atoms with Crippen molar-refractivity contribution in [2.24, 2.45) is 11.3 Å². The van der Waals surface area contributed by atoms with Gasteiger partial charge in [0.15, 0.2) is 0 Å². The molecule has 1 spiro atoms. The number of carbonyl (C=O) groups excluding carboxylic acids is 1. The van der Waals surface area contributed by atoms with Gasteiger partial charge in [-0.25, -0.2) is 0 Å². The normalized spacial score (nSPS) is 23.6. The summed E-state index contributed by atoms with van der Waals surface area (Å²) in [7, 11) is 0. The van der Waals surface area contributed by atoms with Crippen molar-refractivity contribution in [2.75, 3.05) is 19.6 Å². The molecule has 1 unspecified atom stereocenters. The summed E-state index contributed by atoms with van der Waals surface area (Å²) in [5.41, 5.74) is 1.41. The van der Waals surface area contributed by atoms with Crippen LogP contribution in [-0.4, -0.2) is 30.5 Å². The molecule has 1 saturated heterocycles. The second kappa shape index (κ2) is 5.82. The monoisotopic (exact) mass is 337 g/mol. The van der Waals surface area contributed by atoms with E-state index in [1.165, 1.54) is 19.3 Å². The minimum atomic E-state index is 0.164. The molecule has 0 aromatic carbocycles. The van der Waals surface area contributed by atoms with Crippen LogP contribution in [0.2, 0.25) is 0 Å². The Hall–Kier alpha value is -0.940. The molecule has 1 amide bonds. The first-order valence-corrected chi connectivity index (χ1v) is 8.07. The van der Waals surface area contributed by atoms with Gasteiger partial charge in [0, 0.05) is 36.5 Å². The lowest BCUT2D eigenvalue weighted by molar-refractivity contribution is -0.129. The second-order valence-corrected chi connectivity index (χ2v) is 6.87. The molecule has 2 fully saturated rings. The van der Waals surface area contributed by atoms with Gasteiger partial charge in [-0.15, -0.1) is 0 Å². The molecule has 3 rings (SSSR count). The topological polar surface area (TPSA) is 54.0 Å². The van der Waals surface area contributed by atoms with Crippen LogP contribution in [0.4, 0.5) is 0 Å². The first-order valence-electron chi connectivity index (χ1n) is 7.27. The van der Waals surface area contributed by atoms with Crippen molar-refractivity contribution in [1.82, 2.24) is 15.6 Å². The average molecular weight is 338 g/mol. The number of amides is 1. The molecule has 4 nitrogen and oxygen atoms in total. The Labute approximate surface area is 127 Å². The number of hydrogen-bond acceptors (Lipinski definition) is 3. The fourth-order valence-electron chi connectivity index (χ4n) is 3.38. The average Bonchev–Trinajstić information content (AvgIpc) is 2.83. The zero-order chi connectivity index (χ0) is 14.0. The first kappa shape index (κ1) is 14.0. The van der Waals surface area contributed by atoms with E-state index in [2.05, 4.69) is 31.5 Å². The lowest BCUT2D eigenvalue weighted by Gasteiger charge is -2.41. The van der Waals surface area contributed by atoms with Crippen molar-refractivity contribution >= 4 is 21.8 Å². The van der Waals surface area contributed by atoms with Crippen molar-refractivity contribution in [3.8, 4) is 0 Å². The Morgan fingerprint density at radius 3 is 3.05 bits per heavy atom. The number of hydrogen-bond donors (Lipinski definition) is 2. The molecule has 0 bridgehead atoms. The highest BCUT2D eigenvalue weighted by Crippen LogP contribution is 2.49. The number of carbonyl (C=O) groups is 1. The van der Waals surface area contributed by atoms with E-state index in [0.29, 0.717) is 6.54 Å². The van der Waals surface area contributed by atoms with Gasteiger partial charge in [0.05, 0.1) is 5.92 Å². The summed E-state index contributed by atoms with van der Waals surface area (Å²) in [6.45, 7) is 2.54. The number of pyridine rings is 1. The van der Waals surface area contributed by atoms with E-state index < -0.39 is 0 Å². The zero-order valence-electron chi connectivity index (χ0n) is 11.5. The molecule has 1 aliphatic heterocycles. The van der Waals surface area contributed by atoms with Crippen LogP contribution in [0.15, 0.2) is 22.9 Å². The standard InChI is InChI=1S/C15H20BrN3O/c16-12-6-11(7-17-8-12)2-5-19-14(20)13-9-18-10-15(13)3-1-4-15/h6-8,13,18H,1-5,9-10H2,(H,19,20). The van der Waals surface area contributed by atoms with Gasteiger partial charge in [0.1, 0.15) is 0 Å². The van der Waals surface area contributed by atoms with Crippen LogP contribution in [0.25, 0.3) is 0 Å². The SMILES string of the molecule is O=C(NCCc1cncc(Br)c1)C1CNCC12CCC2.